The Morgan fingerprint density at radius 2 is 1.54 bits per heavy atom. The molecule has 3 rings (SSSR count). The van der Waals surface area contributed by atoms with Crippen molar-refractivity contribution in [3.05, 3.63) is 63.6 Å². The van der Waals surface area contributed by atoms with Crippen molar-refractivity contribution in [3.8, 4) is 0 Å². The van der Waals surface area contributed by atoms with Crippen LogP contribution in [0.25, 0.3) is 0 Å². The molecule has 1 amide bonds. The van der Waals surface area contributed by atoms with Crippen LogP contribution in [0.2, 0.25) is 0 Å². The van der Waals surface area contributed by atoms with Crippen molar-refractivity contribution in [1.82, 2.24) is 9.21 Å². The van der Waals surface area contributed by atoms with Gasteiger partial charge in [-0.05, 0) is 61.4 Å². The molecule has 0 aliphatic carbocycles. The summed E-state index contributed by atoms with van der Waals surface area (Å²) in [6.07, 6.45) is 0. The third-order valence-corrected chi connectivity index (χ3v) is 7.16. The molecular formula is C19H21BrN2O3S. The van der Waals surface area contributed by atoms with E-state index in [0.717, 1.165) is 15.6 Å². The van der Waals surface area contributed by atoms with Gasteiger partial charge in [0.2, 0.25) is 10.0 Å². The van der Waals surface area contributed by atoms with Crippen LogP contribution in [-0.2, 0) is 10.0 Å². The van der Waals surface area contributed by atoms with Gasteiger partial charge in [-0.15, -0.1) is 0 Å². The van der Waals surface area contributed by atoms with Gasteiger partial charge in [0.05, 0.1) is 4.90 Å². The third-order valence-electron chi connectivity index (χ3n) is 4.73. The summed E-state index contributed by atoms with van der Waals surface area (Å²) in [4.78, 5) is 14.6. The van der Waals surface area contributed by atoms with Gasteiger partial charge in [0.1, 0.15) is 0 Å². The number of nitrogens with zero attached hydrogens (tertiary/aromatic N) is 2. The van der Waals surface area contributed by atoms with E-state index in [1.54, 1.807) is 29.2 Å². The molecule has 2 aromatic rings. The average molecular weight is 437 g/mol. The maximum Gasteiger partial charge on any atom is 0.253 e. The number of amides is 1. The molecule has 0 unspecified atom stereocenters. The number of benzene rings is 2. The lowest BCUT2D eigenvalue weighted by molar-refractivity contribution is 0.0698. The SMILES string of the molecule is Cc1ccc(S(=O)(=O)N2CCN(C(=O)c3ccc(Br)cc3)CC2)cc1C. The number of carbonyl (C=O) groups is 1. The lowest BCUT2D eigenvalue weighted by atomic mass is 10.1. The molecule has 0 bridgehead atoms. The van der Waals surface area contributed by atoms with E-state index in [9.17, 15) is 13.2 Å². The largest absolute Gasteiger partial charge is 0.336 e. The van der Waals surface area contributed by atoms with E-state index in [4.69, 9.17) is 0 Å². The van der Waals surface area contributed by atoms with Gasteiger partial charge in [-0.3, -0.25) is 4.79 Å². The smallest absolute Gasteiger partial charge is 0.253 e. The first kappa shape index (κ1) is 19.1. The Hall–Kier alpha value is -1.70. The van der Waals surface area contributed by atoms with Crippen LogP contribution in [0.15, 0.2) is 51.8 Å². The summed E-state index contributed by atoms with van der Waals surface area (Å²) in [6, 6.07) is 12.4. The summed E-state index contributed by atoms with van der Waals surface area (Å²) in [5.74, 6) is -0.0688. The molecule has 7 heteroatoms. The van der Waals surface area contributed by atoms with E-state index >= 15 is 0 Å². The first-order valence-electron chi connectivity index (χ1n) is 8.41. The Balaban J connectivity index is 1.70. The van der Waals surface area contributed by atoms with Gasteiger partial charge in [-0.2, -0.15) is 4.31 Å². The summed E-state index contributed by atoms with van der Waals surface area (Å²) in [5, 5.41) is 0. The van der Waals surface area contributed by atoms with Crippen LogP contribution >= 0.6 is 15.9 Å². The Morgan fingerprint density at radius 1 is 0.923 bits per heavy atom. The lowest BCUT2D eigenvalue weighted by Crippen LogP contribution is -2.50. The highest BCUT2D eigenvalue weighted by atomic mass is 79.9. The second-order valence-electron chi connectivity index (χ2n) is 6.45. The Morgan fingerprint density at radius 3 is 2.12 bits per heavy atom. The molecule has 1 saturated heterocycles. The second-order valence-corrected chi connectivity index (χ2v) is 9.30. The minimum Gasteiger partial charge on any atom is -0.336 e. The molecule has 0 saturated carbocycles. The van der Waals surface area contributed by atoms with Crippen LogP contribution in [0.3, 0.4) is 0 Å². The minimum atomic E-state index is -3.53. The van der Waals surface area contributed by atoms with Crippen LogP contribution < -0.4 is 0 Å². The zero-order valence-corrected chi connectivity index (χ0v) is 17.2. The van der Waals surface area contributed by atoms with Crippen LogP contribution in [0.1, 0.15) is 21.5 Å². The standard InChI is InChI=1S/C19H21BrN2O3S/c1-14-3-8-18(13-15(14)2)26(24,25)22-11-9-21(10-12-22)19(23)16-4-6-17(20)7-5-16/h3-8,13H,9-12H2,1-2H3. The molecule has 138 valence electrons. The van der Waals surface area contributed by atoms with Crippen LogP contribution in [-0.4, -0.2) is 49.7 Å². The predicted octanol–water partition coefficient (Wildman–Crippen LogP) is 3.21. The molecule has 1 heterocycles. The predicted molar refractivity (Wildman–Crippen MR) is 105 cm³/mol. The summed E-state index contributed by atoms with van der Waals surface area (Å²) in [7, 11) is -3.53. The van der Waals surface area contributed by atoms with Crippen molar-refractivity contribution < 1.29 is 13.2 Å². The van der Waals surface area contributed by atoms with Gasteiger partial charge in [0.15, 0.2) is 0 Å². The molecule has 5 nitrogen and oxygen atoms in total. The first-order chi connectivity index (χ1) is 12.3. The first-order valence-corrected chi connectivity index (χ1v) is 10.6. The monoisotopic (exact) mass is 436 g/mol. The Bertz CT molecular complexity index is 918. The van der Waals surface area contributed by atoms with E-state index in [1.807, 2.05) is 32.0 Å². The zero-order valence-electron chi connectivity index (χ0n) is 14.8. The number of carbonyl (C=O) groups excluding carboxylic acids is 1. The van der Waals surface area contributed by atoms with Crippen LogP contribution in [0, 0.1) is 13.8 Å². The number of hydrogen-bond acceptors (Lipinski definition) is 3. The maximum atomic E-state index is 12.9. The van der Waals surface area contributed by atoms with E-state index < -0.39 is 10.0 Å². The summed E-state index contributed by atoms with van der Waals surface area (Å²) >= 11 is 3.35. The van der Waals surface area contributed by atoms with Crippen LogP contribution in [0.4, 0.5) is 0 Å². The minimum absolute atomic E-state index is 0.0688. The van der Waals surface area contributed by atoms with Crippen molar-refractivity contribution in [2.45, 2.75) is 18.7 Å². The highest BCUT2D eigenvalue weighted by molar-refractivity contribution is 9.10. The Labute approximate surface area is 162 Å². The molecule has 1 aliphatic heterocycles. The molecule has 1 aliphatic rings. The quantitative estimate of drug-likeness (QED) is 0.741. The van der Waals surface area contributed by atoms with Crippen molar-refractivity contribution in [1.29, 1.82) is 0 Å². The molecular weight excluding hydrogens is 416 g/mol. The van der Waals surface area contributed by atoms with Gasteiger partial charge in [-0.1, -0.05) is 22.0 Å². The van der Waals surface area contributed by atoms with Crippen molar-refractivity contribution in [3.63, 3.8) is 0 Å². The highest BCUT2D eigenvalue weighted by Gasteiger charge is 2.30. The highest BCUT2D eigenvalue weighted by Crippen LogP contribution is 2.21. The maximum absolute atomic E-state index is 12.9. The fraction of sp³-hybridized carbons (Fsp3) is 0.316. The van der Waals surface area contributed by atoms with Crippen molar-refractivity contribution >= 4 is 31.9 Å². The molecule has 26 heavy (non-hydrogen) atoms. The van der Waals surface area contributed by atoms with E-state index in [2.05, 4.69) is 15.9 Å². The molecule has 0 atom stereocenters. The van der Waals surface area contributed by atoms with Crippen LogP contribution in [0.5, 0.6) is 0 Å². The number of sulfonamides is 1. The summed E-state index contributed by atoms with van der Waals surface area (Å²) < 4.78 is 28.1. The molecule has 0 radical (unpaired) electrons. The molecule has 1 fully saturated rings. The van der Waals surface area contributed by atoms with E-state index in [0.29, 0.717) is 36.6 Å². The molecule has 2 aromatic carbocycles. The van der Waals surface area contributed by atoms with Gasteiger partial charge in [0, 0.05) is 36.2 Å². The van der Waals surface area contributed by atoms with Gasteiger partial charge in [0.25, 0.3) is 5.91 Å². The Kier molecular flexibility index (Phi) is 5.50. The number of aryl methyl sites for hydroxylation is 2. The number of rotatable bonds is 3. The zero-order chi connectivity index (χ0) is 18.9. The number of hydrogen-bond donors (Lipinski definition) is 0. The van der Waals surface area contributed by atoms with Crippen molar-refractivity contribution in [2.24, 2.45) is 0 Å². The van der Waals surface area contributed by atoms with Gasteiger partial charge < -0.3 is 4.90 Å². The molecule has 0 spiro atoms. The van der Waals surface area contributed by atoms with Gasteiger partial charge in [-0.25, -0.2) is 8.42 Å². The second kappa shape index (κ2) is 7.50. The molecule has 0 aromatic heterocycles. The van der Waals surface area contributed by atoms with E-state index in [-0.39, 0.29) is 5.91 Å². The normalized spacial score (nSPS) is 15.9. The van der Waals surface area contributed by atoms with E-state index in [1.165, 1.54) is 4.31 Å². The van der Waals surface area contributed by atoms with Gasteiger partial charge >= 0.3 is 0 Å². The fourth-order valence-electron chi connectivity index (χ4n) is 2.93. The number of halogens is 1. The topological polar surface area (TPSA) is 57.7 Å². The summed E-state index contributed by atoms with van der Waals surface area (Å²) in [5.41, 5.74) is 2.63. The third kappa shape index (κ3) is 3.84. The fourth-order valence-corrected chi connectivity index (χ4v) is 4.70. The average Bonchev–Trinajstić information content (AvgIpc) is 2.64. The number of piperazine rings is 1. The van der Waals surface area contributed by atoms with Crippen molar-refractivity contribution in [2.75, 3.05) is 26.2 Å². The molecule has 0 N–H and O–H groups in total. The summed E-state index contributed by atoms with van der Waals surface area (Å²) in [6.45, 7) is 5.24. The lowest BCUT2D eigenvalue weighted by Gasteiger charge is -2.34.